The summed E-state index contributed by atoms with van der Waals surface area (Å²) < 4.78 is 27.3. The molecule has 0 aromatic heterocycles. The molecule has 1 aromatic carbocycles. The molecule has 8 heteroatoms. The average Bonchev–Trinajstić information content (AvgIpc) is 2.66. The summed E-state index contributed by atoms with van der Waals surface area (Å²) in [7, 11) is 0. The normalized spacial score (nSPS) is 18.7. The van der Waals surface area contributed by atoms with Crippen LogP contribution in [0.4, 0.5) is 19.3 Å². The maximum atomic E-state index is 13.6. The summed E-state index contributed by atoms with van der Waals surface area (Å²) >= 11 is 0. The van der Waals surface area contributed by atoms with Gasteiger partial charge >= 0.3 is 6.03 Å². The first kappa shape index (κ1) is 18.6. The van der Waals surface area contributed by atoms with Gasteiger partial charge in [-0.15, -0.1) is 0 Å². The molecule has 0 radical (unpaired) electrons. The molecule has 0 bridgehead atoms. The van der Waals surface area contributed by atoms with Gasteiger partial charge in [0.15, 0.2) is 0 Å². The third kappa shape index (κ3) is 4.49. The van der Waals surface area contributed by atoms with Gasteiger partial charge in [-0.2, -0.15) is 0 Å². The van der Waals surface area contributed by atoms with Crippen LogP contribution in [0.25, 0.3) is 0 Å². The topological polar surface area (TPSA) is 55.9 Å². The molecule has 2 heterocycles. The highest BCUT2D eigenvalue weighted by atomic mass is 19.1. The first-order valence-corrected chi connectivity index (χ1v) is 9.04. The first-order valence-electron chi connectivity index (χ1n) is 9.04. The zero-order valence-electron chi connectivity index (χ0n) is 14.7. The summed E-state index contributed by atoms with van der Waals surface area (Å²) in [5, 5.41) is 2.30. The smallest absolute Gasteiger partial charge is 0.322 e. The van der Waals surface area contributed by atoms with Gasteiger partial charge in [-0.25, -0.2) is 13.6 Å². The van der Waals surface area contributed by atoms with Gasteiger partial charge in [0, 0.05) is 39.3 Å². The summed E-state index contributed by atoms with van der Waals surface area (Å²) in [5.41, 5.74) is -0.430. The Hall–Kier alpha value is -2.22. The molecular weight excluding hydrogens is 342 g/mol. The number of para-hydroxylation sites is 1. The largest absolute Gasteiger partial charge is 0.342 e. The molecule has 6 nitrogen and oxygen atoms in total. The van der Waals surface area contributed by atoms with Crippen molar-refractivity contribution in [3.8, 4) is 0 Å². The van der Waals surface area contributed by atoms with E-state index in [4.69, 9.17) is 0 Å². The highest BCUT2D eigenvalue weighted by Crippen LogP contribution is 2.19. The van der Waals surface area contributed by atoms with Crippen LogP contribution in [0, 0.1) is 11.6 Å². The zero-order valence-corrected chi connectivity index (χ0v) is 14.7. The van der Waals surface area contributed by atoms with Crippen molar-refractivity contribution in [2.24, 2.45) is 0 Å². The fourth-order valence-corrected chi connectivity index (χ4v) is 3.35. The molecule has 1 aromatic rings. The van der Waals surface area contributed by atoms with Gasteiger partial charge in [-0.3, -0.25) is 9.69 Å². The van der Waals surface area contributed by atoms with E-state index in [1.54, 1.807) is 0 Å². The Kier molecular flexibility index (Phi) is 6.03. The molecule has 3 amide bonds. The summed E-state index contributed by atoms with van der Waals surface area (Å²) in [5.74, 6) is -1.47. The second-order valence-electron chi connectivity index (χ2n) is 6.73. The van der Waals surface area contributed by atoms with Crippen molar-refractivity contribution in [2.75, 3.05) is 51.1 Å². The number of carbonyl (C=O) groups excluding carboxylic acids is 2. The van der Waals surface area contributed by atoms with Crippen LogP contribution in [0.3, 0.4) is 0 Å². The Morgan fingerprint density at radius 1 is 0.885 bits per heavy atom. The molecule has 142 valence electrons. The lowest BCUT2D eigenvalue weighted by Gasteiger charge is -2.36. The number of halogens is 2. The van der Waals surface area contributed by atoms with Crippen molar-refractivity contribution < 1.29 is 18.4 Å². The molecule has 1 N–H and O–H groups in total. The Morgan fingerprint density at radius 2 is 1.50 bits per heavy atom. The molecule has 0 unspecified atom stereocenters. The van der Waals surface area contributed by atoms with Gasteiger partial charge in [0.2, 0.25) is 5.91 Å². The van der Waals surface area contributed by atoms with Gasteiger partial charge in [0.1, 0.15) is 17.3 Å². The maximum absolute atomic E-state index is 13.6. The minimum atomic E-state index is -0.802. The number of hydrogen-bond acceptors (Lipinski definition) is 3. The predicted octanol–water partition coefficient (Wildman–Crippen LogP) is 2.13. The number of hydrogen-bond donors (Lipinski definition) is 1. The van der Waals surface area contributed by atoms with Gasteiger partial charge in [0.05, 0.1) is 6.54 Å². The van der Waals surface area contributed by atoms with Crippen molar-refractivity contribution in [1.82, 2.24) is 14.7 Å². The van der Waals surface area contributed by atoms with Crippen LogP contribution in [0.2, 0.25) is 0 Å². The average molecular weight is 366 g/mol. The van der Waals surface area contributed by atoms with E-state index in [0.717, 1.165) is 38.1 Å². The molecule has 0 aliphatic carbocycles. The van der Waals surface area contributed by atoms with Crippen LogP contribution in [0.15, 0.2) is 18.2 Å². The third-order valence-electron chi connectivity index (χ3n) is 4.92. The Labute approximate surface area is 151 Å². The molecule has 2 aliphatic rings. The molecule has 3 rings (SSSR count). The third-order valence-corrected chi connectivity index (χ3v) is 4.92. The fraction of sp³-hybridized carbons (Fsp3) is 0.556. The van der Waals surface area contributed by atoms with Gasteiger partial charge < -0.3 is 15.1 Å². The molecule has 2 aliphatic heterocycles. The summed E-state index contributed by atoms with van der Waals surface area (Å²) in [6, 6.07) is 2.92. The SMILES string of the molecule is O=C(CN1CCN(C(=O)Nc2c(F)cccc2F)CC1)N1CCCCC1. The summed E-state index contributed by atoms with van der Waals surface area (Å²) in [6.45, 7) is 3.96. The molecule has 2 fully saturated rings. The number of piperidine rings is 1. The first-order chi connectivity index (χ1) is 12.5. The Balaban J connectivity index is 1.47. The van der Waals surface area contributed by atoms with Gasteiger partial charge in [0.25, 0.3) is 0 Å². The van der Waals surface area contributed by atoms with Crippen molar-refractivity contribution in [2.45, 2.75) is 19.3 Å². The molecule has 0 spiro atoms. The van der Waals surface area contributed by atoms with E-state index >= 15 is 0 Å². The van der Waals surface area contributed by atoms with E-state index < -0.39 is 23.4 Å². The number of amides is 3. The molecule has 0 atom stereocenters. The lowest BCUT2D eigenvalue weighted by molar-refractivity contribution is -0.133. The van der Waals surface area contributed by atoms with Crippen LogP contribution < -0.4 is 5.32 Å². The Bertz CT molecular complexity index is 636. The van der Waals surface area contributed by atoms with Gasteiger partial charge in [-0.05, 0) is 31.4 Å². The fourth-order valence-electron chi connectivity index (χ4n) is 3.35. The number of piperazine rings is 1. The summed E-state index contributed by atoms with van der Waals surface area (Å²) in [4.78, 5) is 30.0. The van der Waals surface area contributed by atoms with Crippen LogP contribution in [0.5, 0.6) is 0 Å². The Morgan fingerprint density at radius 3 is 2.12 bits per heavy atom. The van der Waals surface area contributed by atoms with Crippen LogP contribution in [-0.4, -0.2) is 72.5 Å². The highest BCUT2D eigenvalue weighted by molar-refractivity contribution is 5.89. The van der Waals surface area contributed by atoms with E-state index in [-0.39, 0.29) is 5.91 Å². The monoisotopic (exact) mass is 366 g/mol. The summed E-state index contributed by atoms with van der Waals surface area (Å²) in [6.07, 6.45) is 3.30. The number of rotatable bonds is 3. The molecule has 0 saturated carbocycles. The maximum Gasteiger partial charge on any atom is 0.322 e. The predicted molar refractivity (Wildman–Crippen MR) is 93.8 cm³/mol. The standard InChI is InChI=1S/C18H24F2N4O2/c19-14-5-4-6-15(20)17(14)21-18(26)24-11-9-22(10-12-24)13-16(25)23-7-2-1-3-8-23/h4-6H,1-3,7-13H2,(H,21,26). The van der Waals surface area contributed by atoms with Crippen LogP contribution in [-0.2, 0) is 4.79 Å². The number of carbonyl (C=O) groups is 2. The zero-order chi connectivity index (χ0) is 18.5. The number of likely N-dealkylation sites (tertiary alicyclic amines) is 1. The van der Waals surface area contributed by atoms with E-state index in [9.17, 15) is 18.4 Å². The van der Waals surface area contributed by atoms with Crippen molar-refractivity contribution >= 4 is 17.6 Å². The van der Waals surface area contributed by atoms with Crippen molar-refractivity contribution in [1.29, 1.82) is 0 Å². The van der Waals surface area contributed by atoms with E-state index in [0.29, 0.717) is 32.7 Å². The lowest BCUT2D eigenvalue weighted by Crippen LogP contribution is -2.52. The molecule has 26 heavy (non-hydrogen) atoms. The van der Waals surface area contributed by atoms with E-state index in [2.05, 4.69) is 5.32 Å². The number of nitrogens with one attached hydrogen (secondary N) is 1. The second-order valence-corrected chi connectivity index (χ2v) is 6.73. The van der Waals surface area contributed by atoms with Crippen molar-refractivity contribution in [3.63, 3.8) is 0 Å². The van der Waals surface area contributed by atoms with E-state index in [1.165, 1.54) is 17.4 Å². The lowest BCUT2D eigenvalue weighted by atomic mass is 10.1. The second kappa shape index (κ2) is 8.44. The quantitative estimate of drug-likeness (QED) is 0.892. The minimum absolute atomic E-state index is 0.135. The highest BCUT2D eigenvalue weighted by Gasteiger charge is 2.25. The number of urea groups is 1. The van der Waals surface area contributed by atoms with Crippen molar-refractivity contribution in [3.05, 3.63) is 29.8 Å². The number of nitrogens with zero attached hydrogens (tertiary/aromatic N) is 3. The van der Waals surface area contributed by atoms with Crippen LogP contribution in [0.1, 0.15) is 19.3 Å². The van der Waals surface area contributed by atoms with Crippen LogP contribution >= 0.6 is 0 Å². The van der Waals surface area contributed by atoms with E-state index in [1.807, 2.05) is 9.80 Å². The molecular formula is C18H24F2N4O2. The van der Waals surface area contributed by atoms with Gasteiger partial charge in [-0.1, -0.05) is 6.07 Å². The molecule has 2 saturated heterocycles. The number of anilines is 1. The number of benzene rings is 1. The minimum Gasteiger partial charge on any atom is -0.342 e.